The number of nitro groups is 1. The molecule has 0 aliphatic heterocycles. The number of nitrogens with one attached hydrogen (secondary N) is 1. The first-order valence-electron chi connectivity index (χ1n) is 7.08. The Labute approximate surface area is 124 Å². The van der Waals surface area contributed by atoms with Crippen molar-refractivity contribution in [3.05, 3.63) is 70.0 Å². The quantitative estimate of drug-likeness (QED) is 0.626. The zero-order chi connectivity index (χ0) is 15.1. The zero-order valence-corrected chi connectivity index (χ0v) is 12.0. The number of pyridine rings is 1. The molecule has 1 N–H and O–H groups in total. The molecule has 0 aliphatic rings. The van der Waals surface area contributed by atoms with Crippen LogP contribution in [0.1, 0.15) is 30.6 Å². The van der Waals surface area contributed by atoms with Crippen molar-refractivity contribution >= 4 is 5.69 Å². The van der Waals surface area contributed by atoms with Crippen LogP contribution < -0.4 is 5.32 Å². The molecule has 0 saturated carbocycles. The van der Waals surface area contributed by atoms with E-state index in [0.717, 1.165) is 30.6 Å². The summed E-state index contributed by atoms with van der Waals surface area (Å²) in [6.45, 7) is 2.86. The Bertz CT molecular complexity index is 587. The second kappa shape index (κ2) is 7.50. The molecule has 1 atom stereocenters. The molecule has 5 heteroatoms. The van der Waals surface area contributed by atoms with Gasteiger partial charge in [-0.25, -0.2) is 0 Å². The summed E-state index contributed by atoms with van der Waals surface area (Å²) in [5.74, 6) is 0. The summed E-state index contributed by atoms with van der Waals surface area (Å²) in [4.78, 5) is 14.8. The van der Waals surface area contributed by atoms with Gasteiger partial charge in [0, 0.05) is 43.0 Å². The van der Waals surface area contributed by atoms with Crippen LogP contribution in [0.15, 0.2) is 48.7 Å². The Balaban J connectivity index is 1.96. The third kappa shape index (κ3) is 4.36. The van der Waals surface area contributed by atoms with E-state index in [1.54, 1.807) is 18.3 Å². The van der Waals surface area contributed by atoms with Crippen molar-refractivity contribution in [1.29, 1.82) is 0 Å². The molecule has 2 rings (SSSR count). The largest absolute Gasteiger partial charge is 0.310 e. The zero-order valence-electron chi connectivity index (χ0n) is 12.0. The molecule has 1 aromatic heterocycles. The lowest BCUT2D eigenvalue weighted by molar-refractivity contribution is -0.384. The third-order valence-corrected chi connectivity index (χ3v) is 3.39. The van der Waals surface area contributed by atoms with Crippen molar-refractivity contribution in [2.45, 2.75) is 25.8 Å². The van der Waals surface area contributed by atoms with E-state index in [9.17, 15) is 10.1 Å². The van der Waals surface area contributed by atoms with Crippen LogP contribution in [-0.4, -0.2) is 16.5 Å². The Morgan fingerprint density at radius 1 is 1.29 bits per heavy atom. The summed E-state index contributed by atoms with van der Waals surface area (Å²) in [6.07, 6.45) is 3.50. The van der Waals surface area contributed by atoms with Gasteiger partial charge < -0.3 is 5.32 Å². The summed E-state index contributed by atoms with van der Waals surface area (Å²) < 4.78 is 0. The minimum Gasteiger partial charge on any atom is -0.310 e. The normalized spacial score (nSPS) is 12.0. The molecular weight excluding hydrogens is 266 g/mol. The smallest absolute Gasteiger partial charge is 0.269 e. The molecule has 1 unspecified atom stereocenters. The van der Waals surface area contributed by atoms with Crippen molar-refractivity contribution < 1.29 is 4.92 Å². The van der Waals surface area contributed by atoms with Crippen LogP contribution in [0.4, 0.5) is 5.69 Å². The fourth-order valence-corrected chi connectivity index (χ4v) is 2.27. The van der Waals surface area contributed by atoms with E-state index in [1.807, 2.05) is 24.3 Å². The Kier molecular flexibility index (Phi) is 5.40. The molecule has 0 saturated heterocycles. The lowest BCUT2D eigenvalue weighted by Gasteiger charge is -2.17. The molecule has 21 heavy (non-hydrogen) atoms. The van der Waals surface area contributed by atoms with Gasteiger partial charge in [-0.1, -0.05) is 25.1 Å². The van der Waals surface area contributed by atoms with Crippen molar-refractivity contribution in [2.75, 3.05) is 6.54 Å². The summed E-state index contributed by atoms with van der Waals surface area (Å²) in [5.41, 5.74) is 2.13. The van der Waals surface area contributed by atoms with E-state index in [4.69, 9.17) is 0 Å². The number of non-ortho nitro benzene ring substituents is 1. The van der Waals surface area contributed by atoms with Crippen LogP contribution in [0.25, 0.3) is 0 Å². The van der Waals surface area contributed by atoms with Gasteiger partial charge in [0.1, 0.15) is 0 Å². The molecule has 1 heterocycles. The maximum Gasteiger partial charge on any atom is 0.269 e. The highest BCUT2D eigenvalue weighted by atomic mass is 16.6. The number of aromatic nitrogens is 1. The highest BCUT2D eigenvalue weighted by Gasteiger charge is 2.12. The number of nitrogens with zero attached hydrogens (tertiary/aromatic N) is 2. The van der Waals surface area contributed by atoms with E-state index in [1.165, 1.54) is 6.07 Å². The van der Waals surface area contributed by atoms with E-state index >= 15 is 0 Å². The van der Waals surface area contributed by atoms with Gasteiger partial charge in [-0.2, -0.15) is 0 Å². The molecule has 0 bridgehead atoms. The van der Waals surface area contributed by atoms with Gasteiger partial charge in [0.05, 0.1) is 4.92 Å². The summed E-state index contributed by atoms with van der Waals surface area (Å²) >= 11 is 0. The molecule has 2 aromatic rings. The number of hydrogen-bond donors (Lipinski definition) is 1. The Hall–Kier alpha value is -2.27. The average Bonchev–Trinajstić information content (AvgIpc) is 2.52. The molecule has 0 radical (unpaired) electrons. The summed E-state index contributed by atoms with van der Waals surface area (Å²) in [7, 11) is 0. The standard InChI is InChI=1S/C16H19N3O2/c1-2-16(13-6-5-8-15(12-13)19(20)21)18-11-9-14-7-3-4-10-17-14/h3-8,10,12,16,18H,2,9,11H2,1H3. The van der Waals surface area contributed by atoms with Crippen LogP contribution in [0.2, 0.25) is 0 Å². The number of hydrogen-bond acceptors (Lipinski definition) is 4. The molecule has 0 fully saturated rings. The average molecular weight is 285 g/mol. The van der Waals surface area contributed by atoms with Crippen LogP contribution in [0, 0.1) is 10.1 Å². The van der Waals surface area contributed by atoms with Gasteiger partial charge in [-0.3, -0.25) is 15.1 Å². The van der Waals surface area contributed by atoms with Crippen LogP contribution >= 0.6 is 0 Å². The van der Waals surface area contributed by atoms with Gasteiger partial charge >= 0.3 is 0 Å². The summed E-state index contributed by atoms with van der Waals surface area (Å²) in [5, 5.41) is 14.3. The monoisotopic (exact) mass is 285 g/mol. The second-order valence-electron chi connectivity index (χ2n) is 4.84. The molecule has 110 valence electrons. The Morgan fingerprint density at radius 3 is 2.81 bits per heavy atom. The second-order valence-corrected chi connectivity index (χ2v) is 4.84. The fourth-order valence-electron chi connectivity index (χ4n) is 2.27. The predicted molar refractivity (Wildman–Crippen MR) is 82.1 cm³/mol. The molecule has 5 nitrogen and oxygen atoms in total. The van der Waals surface area contributed by atoms with Crippen LogP contribution in [0.5, 0.6) is 0 Å². The van der Waals surface area contributed by atoms with Crippen LogP contribution in [0.3, 0.4) is 0 Å². The van der Waals surface area contributed by atoms with Crippen LogP contribution in [-0.2, 0) is 6.42 Å². The molecule has 0 amide bonds. The molecule has 1 aromatic carbocycles. The fraction of sp³-hybridized carbons (Fsp3) is 0.312. The first-order chi connectivity index (χ1) is 10.2. The molecule has 0 spiro atoms. The molecule has 0 aliphatic carbocycles. The van der Waals surface area contributed by atoms with Crippen molar-refractivity contribution in [3.63, 3.8) is 0 Å². The minimum atomic E-state index is -0.357. The summed E-state index contributed by atoms with van der Waals surface area (Å²) in [6, 6.07) is 12.8. The first-order valence-corrected chi connectivity index (χ1v) is 7.08. The van der Waals surface area contributed by atoms with Crippen molar-refractivity contribution in [1.82, 2.24) is 10.3 Å². The van der Waals surface area contributed by atoms with Gasteiger partial charge in [0.2, 0.25) is 0 Å². The van der Waals surface area contributed by atoms with E-state index in [0.29, 0.717) is 0 Å². The lowest BCUT2D eigenvalue weighted by Crippen LogP contribution is -2.23. The molecular formula is C16H19N3O2. The Morgan fingerprint density at radius 2 is 2.14 bits per heavy atom. The number of rotatable bonds is 7. The van der Waals surface area contributed by atoms with E-state index < -0.39 is 0 Å². The minimum absolute atomic E-state index is 0.119. The number of benzene rings is 1. The van der Waals surface area contributed by atoms with Gasteiger partial charge in [-0.15, -0.1) is 0 Å². The first kappa shape index (κ1) is 15.1. The maximum atomic E-state index is 10.8. The van der Waals surface area contributed by atoms with Gasteiger partial charge in [0.15, 0.2) is 0 Å². The maximum absolute atomic E-state index is 10.8. The van der Waals surface area contributed by atoms with Crippen molar-refractivity contribution in [2.24, 2.45) is 0 Å². The SMILES string of the molecule is CCC(NCCc1ccccn1)c1cccc([N+](=O)[O-])c1. The lowest BCUT2D eigenvalue weighted by atomic mass is 10.0. The van der Waals surface area contributed by atoms with E-state index in [2.05, 4.69) is 17.2 Å². The number of nitro benzene ring substituents is 1. The highest BCUT2D eigenvalue weighted by Crippen LogP contribution is 2.21. The van der Waals surface area contributed by atoms with Gasteiger partial charge in [-0.05, 0) is 24.1 Å². The predicted octanol–water partition coefficient (Wildman–Crippen LogP) is 3.27. The highest BCUT2D eigenvalue weighted by molar-refractivity contribution is 5.35. The topological polar surface area (TPSA) is 68.1 Å². The van der Waals surface area contributed by atoms with E-state index in [-0.39, 0.29) is 16.7 Å². The van der Waals surface area contributed by atoms with Crippen molar-refractivity contribution in [3.8, 4) is 0 Å². The van der Waals surface area contributed by atoms with Gasteiger partial charge in [0.25, 0.3) is 5.69 Å². The third-order valence-electron chi connectivity index (χ3n) is 3.39.